The lowest BCUT2D eigenvalue weighted by Gasteiger charge is -2.63. The summed E-state index contributed by atoms with van der Waals surface area (Å²) in [5, 5.41) is 49.9. The average Bonchev–Trinajstić information content (AvgIpc) is 4.04. The highest BCUT2D eigenvalue weighted by Crippen LogP contribution is 2.78. The fraction of sp³-hybridized carbons (Fsp3) is 0.610. The first kappa shape index (κ1) is 27.4. The Kier molecular flexibility index (Phi) is 4.33. The number of hydrogen-bond donors (Lipinski definition) is 5. The third-order valence-electron chi connectivity index (χ3n) is 16.8. The smallest absolute Gasteiger partial charge is 0.166 e. The Balaban J connectivity index is 1.00. The molecule has 5 heterocycles. The van der Waals surface area contributed by atoms with Crippen molar-refractivity contribution in [1.29, 1.82) is 0 Å². The van der Waals surface area contributed by atoms with Crippen molar-refractivity contribution < 1.29 is 29.9 Å². The van der Waals surface area contributed by atoms with Crippen LogP contribution in [0.15, 0.2) is 24.3 Å². The minimum atomic E-state index is -1.09. The summed E-state index contributed by atoms with van der Waals surface area (Å²) in [7, 11) is 0. The monoisotopic (exact) mass is 673 g/mol. The molecule has 3 aromatic rings. The second-order valence-corrected chi connectivity index (χ2v) is 18.5. The van der Waals surface area contributed by atoms with Gasteiger partial charge in [-0.1, -0.05) is 12.1 Å². The summed E-state index contributed by atoms with van der Waals surface area (Å²) in [6, 6.07) is 8.02. The molecule has 0 amide bonds. The molecule has 10 atom stereocenters. The van der Waals surface area contributed by atoms with Crippen molar-refractivity contribution in [2.45, 2.75) is 122 Å². The summed E-state index contributed by atoms with van der Waals surface area (Å²) < 4.78 is 14.0. The van der Waals surface area contributed by atoms with Crippen LogP contribution in [-0.2, 0) is 36.5 Å². The van der Waals surface area contributed by atoms with Gasteiger partial charge in [0.1, 0.15) is 5.60 Å². The molecule has 11 aliphatic rings. The van der Waals surface area contributed by atoms with Crippen molar-refractivity contribution in [1.82, 2.24) is 14.8 Å². The number of likely N-dealkylation sites (tertiary alicyclic amines) is 2. The van der Waals surface area contributed by atoms with Gasteiger partial charge in [-0.2, -0.15) is 0 Å². The molecular weight excluding hydrogens is 630 g/mol. The van der Waals surface area contributed by atoms with Crippen LogP contribution in [0.1, 0.15) is 102 Å². The molecule has 9 nitrogen and oxygen atoms in total. The number of ether oxygens (including phenoxy) is 2. The number of fused-ring (bicyclic) bond motifs is 5. The van der Waals surface area contributed by atoms with Crippen LogP contribution in [0.5, 0.6) is 23.0 Å². The van der Waals surface area contributed by atoms with Crippen LogP contribution in [0, 0.1) is 11.8 Å². The first-order valence-corrected chi connectivity index (χ1v) is 19.5. The average molecular weight is 674 g/mol. The number of nitrogens with zero attached hydrogens (tertiary/aromatic N) is 2. The van der Waals surface area contributed by atoms with Crippen molar-refractivity contribution in [2.75, 3.05) is 19.6 Å². The van der Waals surface area contributed by atoms with Gasteiger partial charge in [0.05, 0.1) is 33.4 Å². The third-order valence-corrected chi connectivity index (χ3v) is 16.8. The molecule has 0 radical (unpaired) electrons. The predicted molar refractivity (Wildman–Crippen MR) is 180 cm³/mol. The number of aromatic hydroxyl groups is 2. The van der Waals surface area contributed by atoms with Gasteiger partial charge in [0.25, 0.3) is 0 Å². The minimum absolute atomic E-state index is 0.0522. The van der Waals surface area contributed by atoms with Crippen LogP contribution in [0.2, 0.25) is 0 Å². The Morgan fingerprint density at radius 1 is 0.720 bits per heavy atom. The number of aliphatic hydroxyl groups is 2. The number of phenols is 2. The van der Waals surface area contributed by atoms with Gasteiger partial charge in [-0.05, 0) is 111 Å². The molecular formula is C41H43N3O6. The molecule has 5 fully saturated rings. The number of aromatic nitrogens is 1. The summed E-state index contributed by atoms with van der Waals surface area (Å²) in [6.45, 7) is 2.98. The zero-order valence-corrected chi connectivity index (χ0v) is 28.2. The van der Waals surface area contributed by atoms with E-state index in [0.717, 1.165) is 91.3 Å². The Labute approximate surface area is 290 Å². The highest BCUT2D eigenvalue weighted by atomic mass is 16.5. The molecule has 50 heavy (non-hydrogen) atoms. The van der Waals surface area contributed by atoms with E-state index in [1.165, 1.54) is 36.8 Å². The van der Waals surface area contributed by atoms with Crippen molar-refractivity contribution in [3.8, 4) is 23.0 Å². The first-order valence-electron chi connectivity index (χ1n) is 19.5. The van der Waals surface area contributed by atoms with Crippen LogP contribution >= 0.6 is 0 Å². The molecule has 3 spiro atoms. The minimum Gasteiger partial charge on any atom is -0.504 e. The van der Waals surface area contributed by atoms with Gasteiger partial charge >= 0.3 is 0 Å². The summed E-state index contributed by atoms with van der Waals surface area (Å²) in [4.78, 5) is 9.18. The van der Waals surface area contributed by atoms with E-state index in [-0.39, 0.29) is 23.1 Å². The number of H-pyrrole nitrogens is 1. The quantitative estimate of drug-likeness (QED) is 0.264. The summed E-state index contributed by atoms with van der Waals surface area (Å²) >= 11 is 0. The van der Waals surface area contributed by atoms with E-state index in [0.29, 0.717) is 36.3 Å². The molecule has 258 valence electrons. The molecule has 2 saturated heterocycles. The number of aromatic amines is 1. The fourth-order valence-corrected chi connectivity index (χ4v) is 14.5. The molecule has 14 rings (SSSR count). The maximum atomic E-state index is 13.8. The van der Waals surface area contributed by atoms with Crippen molar-refractivity contribution in [2.24, 2.45) is 11.8 Å². The Morgan fingerprint density at radius 2 is 1.38 bits per heavy atom. The van der Waals surface area contributed by atoms with Crippen LogP contribution in [0.25, 0.3) is 0 Å². The number of benzene rings is 2. The van der Waals surface area contributed by atoms with E-state index in [2.05, 4.69) is 26.9 Å². The molecule has 9 heteroatoms. The normalized spacial score (nSPS) is 45.4. The molecule has 7 aliphatic carbocycles. The van der Waals surface area contributed by atoms with E-state index in [9.17, 15) is 20.4 Å². The molecule has 5 N–H and O–H groups in total. The van der Waals surface area contributed by atoms with Crippen LogP contribution < -0.4 is 9.47 Å². The van der Waals surface area contributed by atoms with E-state index in [4.69, 9.17) is 9.47 Å². The second-order valence-electron chi connectivity index (χ2n) is 18.5. The van der Waals surface area contributed by atoms with Crippen molar-refractivity contribution in [3.05, 3.63) is 69.0 Å². The Hall–Kier alpha value is -3.24. The summed E-state index contributed by atoms with van der Waals surface area (Å²) in [6.07, 6.45) is 9.22. The van der Waals surface area contributed by atoms with Gasteiger partial charge < -0.3 is 34.9 Å². The summed E-state index contributed by atoms with van der Waals surface area (Å²) in [5.41, 5.74) is 4.69. The second kappa shape index (κ2) is 7.89. The highest BCUT2D eigenvalue weighted by molar-refractivity contribution is 5.70. The molecule has 3 saturated carbocycles. The number of piperidine rings is 1. The SMILES string of the molecule is Oc1ccc2c3c1O[C@H]1c4[nH]c5c(c4C[C@@]4(O)C(C2)N(CC2CC2)CC[C@]314)C[C@@]1(O)C23Cc4ccc(O)c6c4[C@@]1(CCC2N3CC1CC1)[C@H]5O6. The highest BCUT2D eigenvalue weighted by Gasteiger charge is 2.86. The Bertz CT molecular complexity index is 2160. The Morgan fingerprint density at radius 3 is 2.12 bits per heavy atom. The lowest BCUT2D eigenvalue weighted by Crippen LogP contribution is -2.74. The van der Waals surface area contributed by atoms with E-state index < -0.39 is 34.2 Å². The van der Waals surface area contributed by atoms with Gasteiger partial charge in [-0.15, -0.1) is 0 Å². The summed E-state index contributed by atoms with van der Waals surface area (Å²) in [5.74, 6) is 2.81. The molecule has 1 aromatic heterocycles. The zero-order chi connectivity index (χ0) is 32.9. The van der Waals surface area contributed by atoms with Gasteiger partial charge in [-0.25, -0.2) is 0 Å². The maximum Gasteiger partial charge on any atom is 0.166 e. The standard InChI is InChI=1S/C41H43N3O6/c45-25-7-5-21-13-28-40(47)15-23-24-16-41(48)38-10-9-27-39(41,44(27)18-20-3-4-20)14-22-6-8-26(46)34(30(22)38)50-36(38)32(24)42-31(23)35-37(40,29(21)33(25)49-35)11-12-43(28)17-19-1-2-19/h5-8,19-20,27-28,35-36,42,45-48H,1-4,9-18H2/t27?,28?,35-,36-,37-,38-,39?,40+,41-,44?/m0/s1. The van der Waals surface area contributed by atoms with Crippen molar-refractivity contribution >= 4 is 0 Å². The van der Waals surface area contributed by atoms with Gasteiger partial charge in [0.2, 0.25) is 0 Å². The molecule has 4 bridgehead atoms. The first-order chi connectivity index (χ1) is 24.2. The lowest BCUT2D eigenvalue weighted by atomic mass is 9.44. The van der Waals surface area contributed by atoms with Crippen molar-refractivity contribution in [3.63, 3.8) is 0 Å². The van der Waals surface area contributed by atoms with E-state index in [1.54, 1.807) is 12.1 Å². The molecule has 4 unspecified atom stereocenters. The van der Waals surface area contributed by atoms with Gasteiger partial charge in [-0.3, -0.25) is 9.80 Å². The topological polar surface area (TPSA) is 121 Å². The third kappa shape index (κ3) is 2.57. The lowest BCUT2D eigenvalue weighted by molar-refractivity contribution is -0.173. The maximum absolute atomic E-state index is 13.8. The van der Waals surface area contributed by atoms with E-state index in [1.807, 2.05) is 0 Å². The zero-order valence-electron chi connectivity index (χ0n) is 28.2. The fourth-order valence-electron chi connectivity index (χ4n) is 14.5. The van der Waals surface area contributed by atoms with Gasteiger partial charge in [0.15, 0.2) is 35.2 Å². The number of phenolic OH excluding ortho intramolecular Hbond substituents is 2. The number of rotatable bonds is 4. The van der Waals surface area contributed by atoms with E-state index >= 15 is 0 Å². The predicted octanol–water partition coefficient (Wildman–Crippen LogP) is 3.97. The van der Waals surface area contributed by atoms with Crippen LogP contribution in [-0.4, -0.2) is 83.7 Å². The number of hydrogen-bond acceptors (Lipinski definition) is 8. The largest absolute Gasteiger partial charge is 0.504 e. The number of nitrogens with one attached hydrogen (secondary N) is 1. The van der Waals surface area contributed by atoms with Gasteiger partial charge in [0, 0.05) is 49.1 Å². The molecule has 2 aromatic carbocycles. The van der Waals surface area contributed by atoms with Crippen LogP contribution in [0.3, 0.4) is 0 Å². The molecule has 4 aliphatic heterocycles. The van der Waals surface area contributed by atoms with Crippen LogP contribution in [0.4, 0.5) is 0 Å².